The normalized spacial score (nSPS) is 49.6. The van der Waals surface area contributed by atoms with Crippen LogP contribution in [-0.4, -0.2) is 11.6 Å². The molecule has 2 fully saturated rings. The molecule has 1 N–H and O–H groups in total. The standard InChI is InChI=1S/C10H19N/c1-3-8-6-9-4-5-10(2,7-8)11-9/h8-9,11H,3-7H2,1-2H3. The van der Waals surface area contributed by atoms with Gasteiger partial charge in [0.2, 0.25) is 0 Å². The molecule has 0 aromatic rings. The third-order valence-corrected chi connectivity index (χ3v) is 3.53. The summed E-state index contributed by atoms with van der Waals surface area (Å²) in [5.41, 5.74) is 0.517. The Balaban J connectivity index is 2.06. The minimum atomic E-state index is 0.517. The second kappa shape index (κ2) is 2.48. The van der Waals surface area contributed by atoms with Crippen molar-refractivity contribution in [2.24, 2.45) is 5.92 Å². The van der Waals surface area contributed by atoms with Crippen LogP contribution >= 0.6 is 0 Å². The SMILES string of the molecule is CCC1CC2CCC(C)(C1)N2. The van der Waals surface area contributed by atoms with Crippen molar-refractivity contribution in [1.82, 2.24) is 5.32 Å². The van der Waals surface area contributed by atoms with Crippen LogP contribution in [0.4, 0.5) is 0 Å². The van der Waals surface area contributed by atoms with E-state index in [1.165, 1.54) is 32.1 Å². The molecule has 64 valence electrons. The van der Waals surface area contributed by atoms with Crippen LogP contribution in [-0.2, 0) is 0 Å². The molecule has 0 aromatic heterocycles. The van der Waals surface area contributed by atoms with Gasteiger partial charge in [-0.05, 0) is 38.5 Å². The first kappa shape index (κ1) is 7.60. The summed E-state index contributed by atoms with van der Waals surface area (Å²) >= 11 is 0. The summed E-state index contributed by atoms with van der Waals surface area (Å²) in [5.74, 6) is 1.01. The van der Waals surface area contributed by atoms with Gasteiger partial charge in [-0.3, -0.25) is 0 Å². The lowest BCUT2D eigenvalue weighted by Crippen LogP contribution is -2.46. The van der Waals surface area contributed by atoms with Gasteiger partial charge in [0.1, 0.15) is 0 Å². The third kappa shape index (κ3) is 1.31. The number of fused-ring (bicyclic) bond motifs is 2. The molecular weight excluding hydrogens is 134 g/mol. The predicted octanol–water partition coefficient (Wildman–Crippen LogP) is 2.32. The van der Waals surface area contributed by atoms with Crippen molar-refractivity contribution < 1.29 is 0 Å². The molecule has 0 radical (unpaired) electrons. The van der Waals surface area contributed by atoms with Gasteiger partial charge in [0, 0.05) is 11.6 Å². The summed E-state index contributed by atoms with van der Waals surface area (Å²) in [7, 11) is 0. The summed E-state index contributed by atoms with van der Waals surface area (Å²) < 4.78 is 0. The van der Waals surface area contributed by atoms with Crippen molar-refractivity contribution in [2.45, 2.75) is 57.5 Å². The van der Waals surface area contributed by atoms with Gasteiger partial charge >= 0.3 is 0 Å². The van der Waals surface area contributed by atoms with E-state index in [1.807, 2.05) is 0 Å². The van der Waals surface area contributed by atoms with Gasteiger partial charge < -0.3 is 5.32 Å². The molecule has 2 heterocycles. The zero-order valence-electron chi connectivity index (χ0n) is 7.69. The molecule has 2 aliphatic rings. The minimum Gasteiger partial charge on any atom is -0.309 e. The topological polar surface area (TPSA) is 12.0 Å². The average Bonchev–Trinajstić information content (AvgIpc) is 2.25. The maximum absolute atomic E-state index is 3.73. The highest BCUT2D eigenvalue weighted by Crippen LogP contribution is 2.39. The number of piperidine rings is 1. The van der Waals surface area contributed by atoms with E-state index in [9.17, 15) is 0 Å². The molecule has 3 atom stereocenters. The first-order valence-corrected chi connectivity index (χ1v) is 4.99. The van der Waals surface area contributed by atoms with Crippen molar-refractivity contribution in [2.75, 3.05) is 0 Å². The number of hydrogen-bond donors (Lipinski definition) is 1. The quantitative estimate of drug-likeness (QED) is 0.609. The second-order valence-corrected chi connectivity index (χ2v) is 4.65. The Labute approximate surface area is 69.6 Å². The zero-order valence-corrected chi connectivity index (χ0v) is 7.69. The fourth-order valence-corrected chi connectivity index (χ4v) is 2.90. The Bertz CT molecular complexity index is 155. The maximum atomic E-state index is 3.73. The second-order valence-electron chi connectivity index (χ2n) is 4.65. The highest BCUT2D eigenvalue weighted by atomic mass is 15.0. The van der Waals surface area contributed by atoms with Crippen LogP contribution in [0.1, 0.15) is 46.0 Å². The molecule has 0 amide bonds. The molecule has 1 heteroatoms. The Morgan fingerprint density at radius 1 is 1.55 bits per heavy atom. The van der Waals surface area contributed by atoms with E-state index < -0.39 is 0 Å². The van der Waals surface area contributed by atoms with E-state index >= 15 is 0 Å². The molecule has 2 saturated heterocycles. The van der Waals surface area contributed by atoms with Crippen LogP contribution in [0.25, 0.3) is 0 Å². The molecule has 2 aliphatic heterocycles. The highest BCUT2D eigenvalue weighted by molar-refractivity contribution is 5.00. The maximum Gasteiger partial charge on any atom is 0.0159 e. The van der Waals surface area contributed by atoms with E-state index in [4.69, 9.17) is 0 Å². The molecule has 0 spiro atoms. The smallest absolute Gasteiger partial charge is 0.0159 e. The van der Waals surface area contributed by atoms with Gasteiger partial charge in [-0.15, -0.1) is 0 Å². The van der Waals surface area contributed by atoms with Crippen molar-refractivity contribution >= 4 is 0 Å². The number of nitrogens with one attached hydrogen (secondary N) is 1. The van der Waals surface area contributed by atoms with E-state index in [1.54, 1.807) is 0 Å². The average molecular weight is 153 g/mol. The largest absolute Gasteiger partial charge is 0.309 e. The lowest BCUT2D eigenvalue weighted by atomic mass is 9.83. The number of hydrogen-bond acceptors (Lipinski definition) is 1. The summed E-state index contributed by atoms with van der Waals surface area (Å²) in [6, 6.07) is 0.860. The predicted molar refractivity (Wildman–Crippen MR) is 47.6 cm³/mol. The van der Waals surface area contributed by atoms with E-state index in [0.717, 1.165) is 12.0 Å². The highest BCUT2D eigenvalue weighted by Gasteiger charge is 2.40. The van der Waals surface area contributed by atoms with Crippen LogP contribution in [0, 0.1) is 5.92 Å². The lowest BCUT2D eigenvalue weighted by molar-refractivity contribution is 0.221. The van der Waals surface area contributed by atoms with E-state index in [-0.39, 0.29) is 0 Å². The van der Waals surface area contributed by atoms with Crippen LogP contribution in [0.15, 0.2) is 0 Å². The summed E-state index contributed by atoms with van der Waals surface area (Å²) in [6.07, 6.45) is 7.07. The van der Waals surface area contributed by atoms with Crippen molar-refractivity contribution in [3.8, 4) is 0 Å². The molecule has 11 heavy (non-hydrogen) atoms. The Kier molecular flexibility index (Phi) is 1.71. The molecule has 1 nitrogen and oxygen atoms in total. The molecule has 0 aliphatic carbocycles. The molecule has 0 saturated carbocycles. The lowest BCUT2D eigenvalue weighted by Gasteiger charge is -2.36. The molecule has 2 rings (SSSR count). The summed E-state index contributed by atoms with van der Waals surface area (Å²) in [4.78, 5) is 0. The molecule has 2 bridgehead atoms. The van der Waals surface area contributed by atoms with Crippen LogP contribution in [0.2, 0.25) is 0 Å². The fraction of sp³-hybridized carbons (Fsp3) is 1.00. The van der Waals surface area contributed by atoms with Crippen molar-refractivity contribution in [1.29, 1.82) is 0 Å². The Morgan fingerprint density at radius 2 is 2.36 bits per heavy atom. The number of rotatable bonds is 1. The fourth-order valence-electron chi connectivity index (χ4n) is 2.90. The van der Waals surface area contributed by atoms with Crippen LogP contribution in [0.3, 0.4) is 0 Å². The molecular formula is C10H19N. The van der Waals surface area contributed by atoms with Gasteiger partial charge in [-0.1, -0.05) is 13.3 Å². The summed E-state index contributed by atoms with van der Waals surface area (Å²) in [6.45, 7) is 4.73. The van der Waals surface area contributed by atoms with Crippen molar-refractivity contribution in [3.05, 3.63) is 0 Å². The monoisotopic (exact) mass is 153 g/mol. The minimum absolute atomic E-state index is 0.517. The van der Waals surface area contributed by atoms with Gasteiger partial charge in [0.15, 0.2) is 0 Å². The Morgan fingerprint density at radius 3 is 3.00 bits per heavy atom. The van der Waals surface area contributed by atoms with Gasteiger partial charge in [0.05, 0.1) is 0 Å². The van der Waals surface area contributed by atoms with Gasteiger partial charge in [-0.2, -0.15) is 0 Å². The molecule has 3 unspecified atom stereocenters. The first-order chi connectivity index (χ1) is 5.22. The summed E-state index contributed by atoms with van der Waals surface area (Å²) in [5, 5.41) is 3.73. The zero-order chi connectivity index (χ0) is 7.90. The molecule has 0 aromatic carbocycles. The Hall–Kier alpha value is -0.0400. The van der Waals surface area contributed by atoms with Crippen LogP contribution < -0.4 is 5.32 Å². The third-order valence-electron chi connectivity index (χ3n) is 3.53. The van der Waals surface area contributed by atoms with Crippen LogP contribution in [0.5, 0.6) is 0 Å². The van der Waals surface area contributed by atoms with Gasteiger partial charge in [-0.25, -0.2) is 0 Å². The van der Waals surface area contributed by atoms with Gasteiger partial charge in [0.25, 0.3) is 0 Å². The van der Waals surface area contributed by atoms with Crippen molar-refractivity contribution in [3.63, 3.8) is 0 Å². The van der Waals surface area contributed by atoms with E-state index in [0.29, 0.717) is 5.54 Å². The van der Waals surface area contributed by atoms with E-state index in [2.05, 4.69) is 19.2 Å². The first-order valence-electron chi connectivity index (χ1n) is 4.99.